The van der Waals surface area contributed by atoms with Crippen LogP contribution >= 0.6 is 0 Å². The largest absolute Gasteiger partial charge is 0.385 e. The van der Waals surface area contributed by atoms with Gasteiger partial charge in [-0.05, 0) is 58.0 Å². The van der Waals surface area contributed by atoms with Crippen molar-refractivity contribution in [2.24, 2.45) is 11.8 Å². The predicted octanol–water partition coefficient (Wildman–Crippen LogP) is 2.66. The Morgan fingerprint density at radius 2 is 2.03 bits per heavy atom. The number of ketones is 1. The first-order chi connectivity index (χ1) is 14.0. The number of amides is 1. The van der Waals surface area contributed by atoms with E-state index in [0.717, 1.165) is 84.4 Å². The van der Waals surface area contributed by atoms with Crippen LogP contribution in [0.25, 0.3) is 0 Å². The van der Waals surface area contributed by atoms with Gasteiger partial charge in [0.2, 0.25) is 5.91 Å². The van der Waals surface area contributed by atoms with Crippen molar-refractivity contribution in [3.8, 4) is 0 Å². The zero-order valence-corrected chi connectivity index (χ0v) is 19.2. The number of fused-ring (bicyclic) bond motifs is 1. The summed E-state index contributed by atoms with van der Waals surface area (Å²) in [5, 5.41) is 0. The fraction of sp³-hybridized carbons (Fsp3) is 0.913. The van der Waals surface area contributed by atoms with Crippen molar-refractivity contribution >= 4 is 11.7 Å². The molecule has 1 aliphatic carbocycles. The van der Waals surface area contributed by atoms with Gasteiger partial charge in [0.05, 0.1) is 0 Å². The maximum Gasteiger partial charge on any atom is 0.222 e. The molecule has 0 radical (unpaired) electrons. The second kappa shape index (κ2) is 12.7. The molecule has 1 aliphatic heterocycles. The number of piperidine rings is 1. The van der Waals surface area contributed by atoms with Crippen molar-refractivity contribution in [2.45, 2.75) is 64.8 Å². The molecule has 6 nitrogen and oxygen atoms in total. The molecule has 0 unspecified atom stereocenters. The van der Waals surface area contributed by atoms with E-state index in [-0.39, 0.29) is 5.91 Å². The van der Waals surface area contributed by atoms with Gasteiger partial charge in [-0.25, -0.2) is 0 Å². The standard InChI is InChI=1S/C23H43N3O3/c1-5-10-26-18-19(15-20-17-21(27)8-9-22(20)26)16-23(28)25(6-2)13-12-24(3)11-7-14-29-4/h19-20,22H,5-18H2,1-4H3/t19-,20-,22-/m1/s1. The molecule has 0 aromatic carbocycles. The molecule has 0 spiro atoms. The van der Waals surface area contributed by atoms with Crippen LogP contribution in [-0.4, -0.2) is 92.5 Å². The molecule has 1 saturated carbocycles. The van der Waals surface area contributed by atoms with Crippen LogP contribution in [0.3, 0.4) is 0 Å². The maximum atomic E-state index is 13.0. The third-order valence-electron chi connectivity index (χ3n) is 6.70. The van der Waals surface area contributed by atoms with Crippen LogP contribution in [0.2, 0.25) is 0 Å². The Morgan fingerprint density at radius 1 is 1.24 bits per heavy atom. The number of methoxy groups -OCH3 is 1. The van der Waals surface area contributed by atoms with E-state index in [0.29, 0.717) is 30.1 Å². The zero-order chi connectivity index (χ0) is 21.2. The van der Waals surface area contributed by atoms with Crippen molar-refractivity contribution in [1.82, 2.24) is 14.7 Å². The van der Waals surface area contributed by atoms with E-state index >= 15 is 0 Å². The highest BCUT2D eigenvalue weighted by molar-refractivity contribution is 5.79. The molecule has 2 fully saturated rings. The number of nitrogens with zero attached hydrogens (tertiary/aromatic N) is 3. The first-order valence-electron chi connectivity index (χ1n) is 11.7. The Morgan fingerprint density at radius 3 is 2.72 bits per heavy atom. The Bertz CT molecular complexity index is 514. The lowest BCUT2D eigenvalue weighted by atomic mass is 9.73. The number of carbonyl (C=O) groups is 2. The third kappa shape index (κ3) is 7.65. The Hall–Kier alpha value is -0.980. The Balaban J connectivity index is 1.85. The molecule has 0 bridgehead atoms. The van der Waals surface area contributed by atoms with E-state index in [2.05, 4.69) is 30.7 Å². The summed E-state index contributed by atoms with van der Waals surface area (Å²) in [5.41, 5.74) is 0. The van der Waals surface area contributed by atoms with Crippen molar-refractivity contribution < 1.29 is 14.3 Å². The first kappa shape index (κ1) is 24.3. The molecule has 2 rings (SSSR count). The van der Waals surface area contributed by atoms with Gasteiger partial charge >= 0.3 is 0 Å². The van der Waals surface area contributed by atoms with Gasteiger partial charge < -0.3 is 14.5 Å². The van der Waals surface area contributed by atoms with Gasteiger partial charge in [0, 0.05) is 71.7 Å². The number of likely N-dealkylation sites (N-methyl/N-ethyl adjacent to an activating group) is 2. The second-order valence-corrected chi connectivity index (χ2v) is 9.03. The smallest absolute Gasteiger partial charge is 0.222 e. The number of hydrogen-bond acceptors (Lipinski definition) is 5. The van der Waals surface area contributed by atoms with Crippen LogP contribution in [0.4, 0.5) is 0 Å². The van der Waals surface area contributed by atoms with Crippen LogP contribution in [-0.2, 0) is 14.3 Å². The number of ether oxygens (including phenoxy) is 1. The predicted molar refractivity (Wildman–Crippen MR) is 117 cm³/mol. The highest BCUT2D eigenvalue weighted by Crippen LogP contribution is 2.37. The van der Waals surface area contributed by atoms with Gasteiger partial charge in [-0.3, -0.25) is 14.5 Å². The minimum absolute atomic E-state index is 0.278. The number of likely N-dealkylation sites (tertiary alicyclic amines) is 1. The Kier molecular flexibility index (Phi) is 10.6. The van der Waals surface area contributed by atoms with Crippen LogP contribution in [0.1, 0.15) is 58.8 Å². The van der Waals surface area contributed by atoms with Crippen LogP contribution in [0.15, 0.2) is 0 Å². The van der Waals surface area contributed by atoms with E-state index in [9.17, 15) is 9.59 Å². The summed E-state index contributed by atoms with van der Waals surface area (Å²) < 4.78 is 5.12. The minimum Gasteiger partial charge on any atom is -0.385 e. The van der Waals surface area contributed by atoms with Crippen molar-refractivity contribution in [3.05, 3.63) is 0 Å². The fourth-order valence-electron chi connectivity index (χ4n) is 5.18. The van der Waals surface area contributed by atoms with Gasteiger partial charge in [-0.2, -0.15) is 0 Å². The molecule has 1 heterocycles. The molecule has 29 heavy (non-hydrogen) atoms. The summed E-state index contributed by atoms with van der Waals surface area (Å²) in [6, 6.07) is 0.557. The van der Waals surface area contributed by atoms with E-state index in [1.807, 2.05) is 4.90 Å². The second-order valence-electron chi connectivity index (χ2n) is 9.03. The fourth-order valence-corrected chi connectivity index (χ4v) is 5.18. The van der Waals surface area contributed by atoms with Crippen molar-refractivity contribution in [1.29, 1.82) is 0 Å². The highest BCUT2D eigenvalue weighted by atomic mass is 16.5. The van der Waals surface area contributed by atoms with E-state index < -0.39 is 0 Å². The summed E-state index contributed by atoms with van der Waals surface area (Å²) in [4.78, 5) is 31.9. The van der Waals surface area contributed by atoms with Crippen LogP contribution < -0.4 is 0 Å². The Labute approximate surface area is 177 Å². The quantitative estimate of drug-likeness (QED) is 0.464. The van der Waals surface area contributed by atoms with Gasteiger partial charge in [-0.1, -0.05) is 6.92 Å². The van der Waals surface area contributed by atoms with E-state index in [1.54, 1.807) is 7.11 Å². The molecule has 1 amide bonds. The first-order valence-corrected chi connectivity index (χ1v) is 11.7. The lowest BCUT2D eigenvalue weighted by Gasteiger charge is -2.47. The maximum absolute atomic E-state index is 13.0. The molecular formula is C23H43N3O3. The van der Waals surface area contributed by atoms with E-state index in [4.69, 9.17) is 4.74 Å². The lowest BCUT2D eigenvalue weighted by molar-refractivity contribution is -0.133. The summed E-state index contributed by atoms with van der Waals surface area (Å²) in [7, 11) is 3.84. The topological polar surface area (TPSA) is 53.1 Å². The summed E-state index contributed by atoms with van der Waals surface area (Å²) in [6.45, 7) is 10.6. The summed E-state index contributed by atoms with van der Waals surface area (Å²) in [6.07, 6.45) is 6.29. The molecular weight excluding hydrogens is 366 g/mol. The normalized spacial score (nSPS) is 25.3. The van der Waals surface area contributed by atoms with Crippen molar-refractivity contribution in [3.63, 3.8) is 0 Å². The van der Waals surface area contributed by atoms with Gasteiger partial charge in [-0.15, -0.1) is 0 Å². The number of Topliss-reactive ketones (excluding diaryl/α,β-unsaturated/α-hetero) is 1. The van der Waals surface area contributed by atoms with Crippen LogP contribution in [0.5, 0.6) is 0 Å². The summed E-state index contributed by atoms with van der Waals surface area (Å²) in [5.74, 6) is 1.53. The number of carbonyl (C=O) groups excluding carboxylic acids is 2. The average molecular weight is 410 g/mol. The van der Waals surface area contributed by atoms with Gasteiger partial charge in [0.25, 0.3) is 0 Å². The van der Waals surface area contributed by atoms with Gasteiger partial charge in [0.15, 0.2) is 0 Å². The third-order valence-corrected chi connectivity index (χ3v) is 6.70. The molecule has 1 saturated heterocycles. The minimum atomic E-state index is 0.278. The molecule has 6 heteroatoms. The van der Waals surface area contributed by atoms with E-state index in [1.165, 1.54) is 0 Å². The molecule has 168 valence electrons. The van der Waals surface area contributed by atoms with Crippen molar-refractivity contribution in [2.75, 3.05) is 60.0 Å². The highest BCUT2D eigenvalue weighted by Gasteiger charge is 2.39. The lowest BCUT2D eigenvalue weighted by Crippen LogP contribution is -2.52. The van der Waals surface area contributed by atoms with Gasteiger partial charge in [0.1, 0.15) is 5.78 Å². The molecule has 0 N–H and O–H groups in total. The molecule has 0 aromatic rings. The molecule has 3 atom stereocenters. The number of rotatable bonds is 12. The molecule has 2 aliphatic rings. The average Bonchev–Trinajstić information content (AvgIpc) is 2.68. The molecule has 0 aromatic heterocycles. The van der Waals surface area contributed by atoms with Crippen LogP contribution in [0, 0.1) is 11.8 Å². The zero-order valence-electron chi connectivity index (χ0n) is 19.2. The monoisotopic (exact) mass is 409 g/mol. The number of hydrogen-bond donors (Lipinski definition) is 0. The summed E-state index contributed by atoms with van der Waals surface area (Å²) >= 11 is 0. The SMILES string of the molecule is CCCN1C[C@@H](CC(=O)N(CC)CCN(C)CCCOC)C[C@@H]2CC(=O)CC[C@H]21.